The van der Waals surface area contributed by atoms with Crippen molar-refractivity contribution in [2.45, 2.75) is 0 Å². The lowest BCUT2D eigenvalue weighted by molar-refractivity contribution is 1.18. The molecule has 9 aromatic carbocycles. The van der Waals surface area contributed by atoms with Gasteiger partial charge in [-0.25, -0.2) is 0 Å². The molecule has 2 nitrogen and oxygen atoms in total. The van der Waals surface area contributed by atoms with Crippen molar-refractivity contribution >= 4 is 75.1 Å². The number of rotatable bonds is 5. The smallest absolute Gasteiger partial charge is 0.0555 e. The van der Waals surface area contributed by atoms with Crippen LogP contribution in [0.15, 0.2) is 206 Å². The highest BCUT2D eigenvalue weighted by atomic mass is 32.1. The Balaban J connectivity index is 0.984. The normalized spacial score (nSPS) is 11.9. The Bertz CT molecular complexity index is 3510. The van der Waals surface area contributed by atoms with Crippen LogP contribution in [0.4, 0.5) is 0 Å². The van der Waals surface area contributed by atoms with Crippen LogP contribution >= 0.6 is 11.3 Å². The Morgan fingerprint density at radius 2 is 0.789 bits per heavy atom. The van der Waals surface area contributed by atoms with E-state index in [0.29, 0.717) is 0 Å². The van der Waals surface area contributed by atoms with Crippen molar-refractivity contribution in [3.8, 4) is 44.8 Å². The van der Waals surface area contributed by atoms with Crippen LogP contribution in [-0.4, -0.2) is 9.13 Å². The number of nitrogens with zero attached hydrogens (tertiary/aromatic N) is 2. The highest BCUT2D eigenvalue weighted by molar-refractivity contribution is 7.25. The first-order valence-corrected chi connectivity index (χ1v) is 20.3. The van der Waals surface area contributed by atoms with Crippen molar-refractivity contribution in [2.24, 2.45) is 0 Å². The monoisotopic (exact) mass is 742 g/mol. The minimum absolute atomic E-state index is 1.15. The van der Waals surface area contributed by atoms with Crippen LogP contribution in [0.2, 0.25) is 0 Å². The molecule has 0 aliphatic heterocycles. The van der Waals surface area contributed by atoms with Crippen molar-refractivity contribution in [3.63, 3.8) is 0 Å². The Labute approximate surface area is 333 Å². The Kier molecular flexibility index (Phi) is 7.13. The van der Waals surface area contributed by atoms with E-state index >= 15 is 0 Å². The molecule has 12 aromatic rings. The van der Waals surface area contributed by atoms with E-state index in [4.69, 9.17) is 0 Å². The molecule has 0 N–H and O–H groups in total. The minimum atomic E-state index is 1.15. The van der Waals surface area contributed by atoms with Crippen molar-refractivity contribution in [2.75, 3.05) is 0 Å². The largest absolute Gasteiger partial charge is 0.309 e. The van der Waals surface area contributed by atoms with Gasteiger partial charge in [-0.15, -0.1) is 11.3 Å². The summed E-state index contributed by atoms with van der Waals surface area (Å²) in [5, 5.41) is 7.65. The van der Waals surface area contributed by atoms with Crippen molar-refractivity contribution in [3.05, 3.63) is 206 Å². The first-order valence-electron chi connectivity index (χ1n) is 19.5. The molecule has 0 saturated heterocycles. The van der Waals surface area contributed by atoms with Crippen LogP contribution in [0.5, 0.6) is 0 Å². The summed E-state index contributed by atoms with van der Waals surface area (Å²) in [7, 11) is 0. The number of fused-ring (bicyclic) bond motifs is 9. The highest BCUT2D eigenvalue weighted by Gasteiger charge is 2.19. The van der Waals surface area contributed by atoms with Crippen LogP contribution in [0.25, 0.3) is 109 Å². The van der Waals surface area contributed by atoms with Crippen molar-refractivity contribution in [1.29, 1.82) is 0 Å². The third-order valence-electron chi connectivity index (χ3n) is 11.7. The molecule has 3 heterocycles. The lowest BCUT2D eigenvalue weighted by Crippen LogP contribution is -1.94. The molecule has 57 heavy (non-hydrogen) atoms. The molecule has 12 rings (SSSR count). The van der Waals surface area contributed by atoms with Gasteiger partial charge in [0.25, 0.3) is 0 Å². The van der Waals surface area contributed by atoms with Crippen LogP contribution in [0.3, 0.4) is 0 Å². The predicted octanol–water partition coefficient (Wildman–Crippen LogP) is 15.2. The predicted molar refractivity (Wildman–Crippen MR) is 244 cm³/mol. The van der Waals surface area contributed by atoms with Crippen LogP contribution in [0, 0.1) is 0 Å². The molecule has 3 aromatic heterocycles. The molecule has 0 amide bonds. The molecule has 0 radical (unpaired) electrons. The van der Waals surface area contributed by atoms with Gasteiger partial charge in [-0.2, -0.15) is 0 Å². The van der Waals surface area contributed by atoms with Gasteiger partial charge < -0.3 is 9.13 Å². The molecule has 266 valence electrons. The van der Waals surface area contributed by atoms with E-state index in [0.717, 1.165) is 5.69 Å². The first kappa shape index (κ1) is 32.1. The third-order valence-corrected chi connectivity index (χ3v) is 12.9. The van der Waals surface area contributed by atoms with Gasteiger partial charge in [0, 0.05) is 47.4 Å². The van der Waals surface area contributed by atoms with E-state index in [1.54, 1.807) is 0 Å². The highest BCUT2D eigenvalue weighted by Crippen LogP contribution is 2.42. The van der Waals surface area contributed by atoms with Gasteiger partial charge in [-0.05, 0) is 100 Å². The number of hydrogen-bond acceptors (Lipinski definition) is 1. The van der Waals surface area contributed by atoms with E-state index in [2.05, 4.69) is 215 Å². The van der Waals surface area contributed by atoms with Gasteiger partial charge in [0.2, 0.25) is 0 Å². The summed E-state index contributed by atoms with van der Waals surface area (Å²) in [5.41, 5.74) is 14.6. The molecule has 3 heteroatoms. The Morgan fingerprint density at radius 3 is 1.47 bits per heavy atom. The molecule has 0 bridgehead atoms. The summed E-state index contributed by atoms with van der Waals surface area (Å²) >= 11 is 1.87. The Morgan fingerprint density at radius 1 is 0.298 bits per heavy atom. The topological polar surface area (TPSA) is 9.86 Å². The van der Waals surface area contributed by atoms with E-state index < -0.39 is 0 Å². The fraction of sp³-hybridized carbons (Fsp3) is 0. The first-order chi connectivity index (χ1) is 28.3. The summed E-state index contributed by atoms with van der Waals surface area (Å²) in [6.07, 6.45) is 0. The van der Waals surface area contributed by atoms with Gasteiger partial charge in [0.1, 0.15) is 0 Å². The summed E-state index contributed by atoms with van der Waals surface area (Å²) in [4.78, 5) is 0. The van der Waals surface area contributed by atoms with E-state index in [9.17, 15) is 0 Å². The molecule has 0 fully saturated rings. The quantitative estimate of drug-likeness (QED) is 0.166. The molecular formula is C54H34N2S. The van der Waals surface area contributed by atoms with Gasteiger partial charge in [0.15, 0.2) is 0 Å². The van der Waals surface area contributed by atoms with Crippen LogP contribution < -0.4 is 0 Å². The minimum Gasteiger partial charge on any atom is -0.309 e. The molecule has 0 aliphatic carbocycles. The zero-order valence-electron chi connectivity index (χ0n) is 30.9. The number of para-hydroxylation sites is 2. The summed E-state index contributed by atoms with van der Waals surface area (Å²) in [5.74, 6) is 0. The standard InChI is InChI=1S/C54H34N2S/c1-2-13-35(14-3-1)40-15-4-5-16-41(40)36-25-29-39(30-26-36)55-47-20-9-6-17-42(47)45-33-37(27-31-49(45)55)38-28-32-50-46(34-38)43-18-7-10-21-48(43)56(50)51-22-12-24-53-54(51)44-19-8-11-23-52(44)57-53/h1-34H. The molecule has 0 aliphatic rings. The zero-order valence-corrected chi connectivity index (χ0v) is 31.7. The van der Waals surface area contributed by atoms with Gasteiger partial charge >= 0.3 is 0 Å². The maximum Gasteiger partial charge on any atom is 0.0555 e. The number of aromatic nitrogens is 2. The van der Waals surface area contributed by atoms with Gasteiger partial charge in [0.05, 0.1) is 27.8 Å². The lowest BCUT2D eigenvalue weighted by atomic mass is 9.94. The molecular weight excluding hydrogens is 709 g/mol. The number of hydrogen-bond donors (Lipinski definition) is 0. The molecule has 0 spiro atoms. The second-order valence-corrected chi connectivity index (χ2v) is 16.0. The summed E-state index contributed by atoms with van der Waals surface area (Å²) < 4.78 is 7.51. The summed E-state index contributed by atoms with van der Waals surface area (Å²) in [6.45, 7) is 0. The molecule has 0 saturated carbocycles. The van der Waals surface area contributed by atoms with Crippen LogP contribution in [0.1, 0.15) is 0 Å². The third kappa shape index (κ3) is 4.96. The second-order valence-electron chi connectivity index (χ2n) is 14.9. The Hall–Kier alpha value is -7.20. The second kappa shape index (κ2) is 12.7. The fourth-order valence-electron chi connectivity index (χ4n) is 9.18. The molecule has 0 atom stereocenters. The number of benzene rings is 9. The van der Waals surface area contributed by atoms with E-state index in [1.807, 2.05) is 11.3 Å². The van der Waals surface area contributed by atoms with Crippen molar-refractivity contribution in [1.82, 2.24) is 9.13 Å². The average Bonchev–Trinajstić information content (AvgIpc) is 3.94. The SMILES string of the molecule is c1ccc(-c2ccccc2-c2ccc(-n3c4ccccc4c4cc(-c5ccc6c(c5)c5ccccc5n6-c5cccc6sc7ccccc7c56)ccc43)cc2)cc1. The van der Waals surface area contributed by atoms with E-state index in [1.165, 1.54) is 103 Å². The molecule has 0 unspecified atom stereocenters. The van der Waals surface area contributed by atoms with Crippen LogP contribution in [-0.2, 0) is 0 Å². The fourth-order valence-corrected chi connectivity index (χ4v) is 10.3. The average molecular weight is 743 g/mol. The maximum atomic E-state index is 2.47. The van der Waals surface area contributed by atoms with E-state index in [-0.39, 0.29) is 0 Å². The number of thiophene rings is 1. The van der Waals surface area contributed by atoms with Crippen molar-refractivity contribution < 1.29 is 0 Å². The zero-order chi connectivity index (χ0) is 37.5. The maximum absolute atomic E-state index is 2.47. The van der Waals surface area contributed by atoms with Gasteiger partial charge in [-0.3, -0.25) is 0 Å². The van der Waals surface area contributed by atoms with Gasteiger partial charge in [-0.1, -0.05) is 140 Å². The lowest BCUT2D eigenvalue weighted by Gasteiger charge is -2.13. The summed E-state index contributed by atoms with van der Waals surface area (Å²) in [6, 6.07) is 75.6.